The van der Waals surface area contributed by atoms with Crippen molar-refractivity contribution >= 4 is 22.7 Å². The van der Waals surface area contributed by atoms with Crippen molar-refractivity contribution in [2.75, 3.05) is 0 Å². The van der Waals surface area contributed by atoms with Gasteiger partial charge in [0.2, 0.25) is 5.91 Å². The van der Waals surface area contributed by atoms with Crippen LogP contribution in [0.4, 0.5) is 4.39 Å². The molecule has 1 atom stereocenters. The maximum atomic E-state index is 13.9. The summed E-state index contributed by atoms with van der Waals surface area (Å²) < 4.78 is 13.9. The average Bonchev–Trinajstić information content (AvgIpc) is 2.98. The molecule has 0 saturated carbocycles. The average molecular weight is 322 g/mol. The molecule has 120 valence electrons. The summed E-state index contributed by atoms with van der Waals surface area (Å²) in [5, 5.41) is 4.17. The van der Waals surface area contributed by atoms with Crippen molar-refractivity contribution in [2.24, 2.45) is 11.0 Å². The summed E-state index contributed by atoms with van der Waals surface area (Å²) in [5.41, 5.74) is 6.26. The Morgan fingerprint density at radius 2 is 2.04 bits per heavy atom. The van der Waals surface area contributed by atoms with E-state index in [1.165, 1.54) is 6.07 Å². The van der Waals surface area contributed by atoms with Crippen LogP contribution in [0.5, 0.6) is 0 Å². The van der Waals surface area contributed by atoms with Gasteiger partial charge in [-0.25, -0.2) is 14.8 Å². The predicted octanol–water partition coefficient (Wildman–Crippen LogP) is 3.23. The molecule has 1 aromatic heterocycles. The van der Waals surface area contributed by atoms with Crippen molar-refractivity contribution in [3.63, 3.8) is 0 Å². The molecule has 1 unspecified atom stereocenters. The van der Waals surface area contributed by atoms with Gasteiger partial charge in [0.15, 0.2) is 0 Å². The lowest BCUT2D eigenvalue weighted by atomic mass is 9.94. The van der Waals surface area contributed by atoms with Crippen molar-refractivity contribution in [3.8, 4) is 11.4 Å². The third-order valence-electron chi connectivity index (χ3n) is 4.17. The van der Waals surface area contributed by atoms with Crippen LogP contribution in [0.15, 0.2) is 47.6 Å². The first-order chi connectivity index (χ1) is 11.6. The first-order valence-electron chi connectivity index (χ1n) is 7.73. The molecule has 5 nitrogen and oxygen atoms in total. The molecule has 2 heterocycles. The molecule has 0 aliphatic carbocycles. The third kappa shape index (κ3) is 2.46. The number of hydrogen-bond donors (Lipinski definition) is 2. The Kier molecular flexibility index (Phi) is 3.37. The number of aromatic nitrogens is 2. The molecule has 0 radical (unpaired) electrons. The highest BCUT2D eigenvalue weighted by Gasteiger charge is 2.22. The smallest absolute Gasteiger partial charge is 0.240 e. The molecule has 3 aromatic rings. The van der Waals surface area contributed by atoms with Gasteiger partial charge in [0.1, 0.15) is 11.6 Å². The van der Waals surface area contributed by atoms with Crippen LogP contribution < -0.4 is 5.43 Å². The maximum Gasteiger partial charge on any atom is 0.240 e. The number of nitrogens with one attached hydrogen (secondary N) is 2. The quantitative estimate of drug-likeness (QED) is 0.760. The van der Waals surface area contributed by atoms with E-state index in [-0.39, 0.29) is 17.6 Å². The highest BCUT2D eigenvalue weighted by Crippen LogP contribution is 2.25. The fourth-order valence-electron chi connectivity index (χ4n) is 2.95. The predicted molar refractivity (Wildman–Crippen MR) is 89.9 cm³/mol. The van der Waals surface area contributed by atoms with E-state index < -0.39 is 0 Å². The van der Waals surface area contributed by atoms with E-state index in [2.05, 4.69) is 20.5 Å². The SMILES string of the molecule is CC1CC(=O)NN=C1c1ccc2nc(-c3ccccc3F)[nH]c2c1. The number of rotatable bonds is 2. The van der Waals surface area contributed by atoms with E-state index in [0.717, 1.165) is 22.3 Å². The van der Waals surface area contributed by atoms with Crippen LogP contribution in [0.2, 0.25) is 0 Å². The standard InChI is InChI=1S/C18H15FN4O/c1-10-8-16(24)22-23-17(10)11-6-7-14-15(9-11)21-18(20-14)12-4-2-3-5-13(12)19/h2-7,9-10H,8H2,1H3,(H,20,21)(H,22,24). The molecule has 2 N–H and O–H groups in total. The van der Waals surface area contributed by atoms with E-state index >= 15 is 0 Å². The van der Waals surface area contributed by atoms with Crippen molar-refractivity contribution in [3.05, 3.63) is 53.8 Å². The van der Waals surface area contributed by atoms with E-state index in [1.54, 1.807) is 18.2 Å². The Morgan fingerprint density at radius 1 is 1.21 bits per heavy atom. The zero-order valence-corrected chi connectivity index (χ0v) is 13.0. The van der Waals surface area contributed by atoms with Crippen molar-refractivity contribution in [2.45, 2.75) is 13.3 Å². The largest absolute Gasteiger partial charge is 0.338 e. The second kappa shape index (κ2) is 5.56. The second-order valence-corrected chi connectivity index (χ2v) is 5.93. The summed E-state index contributed by atoms with van der Waals surface area (Å²) in [4.78, 5) is 19.0. The molecule has 0 fully saturated rings. The molecule has 24 heavy (non-hydrogen) atoms. The third-order valence-corrected chi connectivity index (χ3v) is 4.17. The van der Waals surface area contributed by atoms with E-state index in [4.69, 9.17) is 0 Å². The number of nitrogens with zero attached hydrogens (tertiary/aromatic N) is 2. The Labute approximate surface area is 137 Å². The number of hydrazone groups is 1. The number of H-pyrrole nitrogens is 1. The van der Waals surface area contributed by atoms with Crippen LogP contribution in [-0.4, -0.2) is 21.6 Å². The molecule has 0 saturated heterocycles. The summed E-state index contributed by atoms with van der Waals surface area (Å²) in [6.45, 7) is 1.97. The number of benzene rings is 2. The van der Waals surface area contributed by atoms with E-state index in [0.29, 0.717) is 17.8 Å². The van der Waals surface area contributed by atoms with Gasteiger partial charge >= 0.3 is 0 Å². The van der Waals surface area contributed by atoms with E-state index in [9.17, 15) is 9.18 Å². The maximum absolute atomic E-state index is 13.9. The molecule has 1 aliphatic heterocycles. The Hall–Kier alpha value is -3.02. The molecule has 0 spiro atoms. The summed E-state index contributed by atoms with van der Waals surface area (Å²) in [6, 6.07) is 12.2. The lowest BCUT2D eigenvalue weighted by Gasteiger charge is -2.18. The van der Waals surface area contributed by atoms with Gasteiger partial charge < -0.3 is 4.98 Å². The number of aromatic amines is 1. The number of fused-ring (bicyclic) bond motifs is 1. The lowest BCUT2D eigenvalue weighted by Crippen LogP contribution is -2.31. The molecule has 4 rings (SSSR count). The van der Waals surface area contributed by atoms with Gasteiger partial charge in [-0.3, -0.25) is 4.79 Å². The van der Waals surface area contributed by atoms with Gasteiger partial charge in [-0.2, -0.15) is 5.10 Å². The summed E-state index contributed by atoms with van der Waals surface area (Å²) in [7, 11) is 0. The first kappa shape index (κ1) is 14.6. The number of imidazole rings is 1. The molecule has 1 amide bonds. The normalized spacial score (nSPS) is 17.7. The second-order valence-electron chi connectivity index (χ2n) is 5.93. The van der Waals surface area contributed by atoms with E-state index in [1.807, 2.05) is 25.1 Å². The highest BCUT2D eigenvalue weighted by atomic mass is 19.1. The van der Waals surface area contributed by atoms with Gasteiger partial charge in [-0.05, 0) is 24.3 Å². The molecule has 0 bridgehead atoms. The van der Waals surface area contributed by atoms with Gasteiger partial charge in [0.05, 0.1) is 22.3 Å². The minimum Gasteiger partial charge on any atom is -0.338 e. The Morgan fingerprint density at radius 3 is 2.83 bits per heavy atom. The molecule has 6 heteroatoms. The topological polar surface area (TPSA) is 70.1 Å². The van der Waals surface area contributed by atoms with Crippen LogP contribution in [0.1, 0.15) is 18.9 Å². The minimum atomic E-state index is -0.315. The van der Waals surface area contributed by atoms with Crippen molar-refractivity contribution in [1.82, 2.24) is 15.4 Å². The van der Waals surface area contributed by atoms with Crippen molar-refractivity contribution < 1.29 is 9.18 Å². The van der Waals surface area contributed by atoms with Crippen LogP contribution in [0, 0.1) is 11.7 Å². The van der Waals surface area contributed by atoms with Gasteiger partial charge in [0.25, 0.3) is 0 Å². The first-order valence-corrected chi connectivity index (χ1v) is 7.73. The number of carbonyl (C=O) groups excluding carboxylic acids is 1. The fourth-order valence-corrected chi connectivity index (χ4v) is 2.95. The van der Waals surface area contributed by atoms with Crippen LogP contribution in [-0.2, 0) is 4.79 Å². The Balaban J connectivity index is 1.77. The van der Waals surface area contributed by atoms with Gasteiger partial charge in [0, 0.05) is 17.9 Å². The number of halogens is 1. The van der Waals surface area contributed by atoms with Crippen LogP contribution >= 0.6 is 0 Å². The van der Waals surface area contributed by atoms with Crippen LogP contribution in [0.25, 0.3) is 22.4 Å². The highest BCUT2D eigenvalue weighted by molar-refractivity contribution is 6.07. The van der Waals surface area contributed by atoms with Gasteiger partial charge in [-0.1, -0.05) is 25.1 Å². The number of hydrogen-bond acceptors (Lipinski definition) is 3. The Bertz CT molecular complexity index is 976. The van der Waals surface area contributed by atoms with Gasteiger partial charge in [-0.15, -0.1) is 0 Å². The zero-order valence-electron chi connectivity index (χ0n) is 13.0. The molecule has 1 aliphatic rings. The zero-order chi connectivity index (χ0) is 16.7. The molecule has 2 aromatic carbocycles. The summed E-state index contributed by atoms with van der Waals surface area (Å²) in [6.07, 6.45) is 0.417. The minimum absolute atomic E-state index is 0.0464. The number of carbonyl (C=O) groups is 1. The van der Waals surface area contributed by atoms with Crippen molar-refractivity contribution in [1.29, 1.82) is 0 Å². The molecular weight excluding hydrogens is 307 g/mol. The lowest BCUT2D eigenvalue weighted by molar-refractivity contribution is -0.121. The number of amides is 1. The summed E-state index contributed by atoms with van der Waals surface area (Å²) >= 11 is 0. The van der Waals surface area contributed by atoms with Crippen LogP contribution in [0.3, 0.4) is 0 Å². The fraction of sp³-hybridized carbons (Fsp3) is 0.167. The monoisotopic (exact) mass is 322 g/mol. The summed E-state index contributed by atoms with van der Waals surface area (Å²) in [5.74, 6) is 0.151. The molecular formula is C18H15FN4O.